The lowest BCUT2D eigenvalue weighted by molar-refractivity contribution is 0.479. The molecule has 0 fully saturated rings. The molecule has 0 spiro atoms. The van der Waals surface area contributed by atoms with Crippen LogP contribution < -0.4 is 20.9 Å². The van der Waals surface area contributed by atoms with Gasteiger partial charge in [-0.3, -0.25) is 29.1 Å². The Morgan fingerprint density at radius 2 is 0.810 bits per heavy atom. The molecule has 6 N–H and O–H groups in total. The van der Waals surface area contributed by atoms with Gasteiger partial charge >= 0.3 is 0 Å². The summed E-state index contributed by atoms with van der Waals surface area (Å²) in [6.45, 7) is 0. The Labute approximate surface area is 329 Å². The zero-order chi connectivity index (χ0) is 41.9. The molecule has 6 rings (SSSR count). The Morgan fingerprint density at radius 3 is 1.14 bits per heavy atom. The monoisotopic (exact) mass is 870 g/mol. The van der Waals surface area contributed by atoms with Crippen LogP contribution in [0.15, 0.2) is 129 Å². The highest BCUT2D eigenvalue weighted by molar-refractivity contribution is 7.86. The summed E-state index contributed by atoms with van der Waals surface area (Å²) >= 11 is 0. The normalized spacial score (nSPS) is 12.3. The molecular weight excluding hydrogens is 845 g/mol. The van der Waals surface area contributed by atoms with Gasteiger partial charge in [-0.05, 0) is 70.1 Å². The van der Waals surface area contributed by atoms with E-state index in [1.54, 1.807) is 60.7 Å². The maximum atomic E-state index is 12.8. The predicted octanol–water partition coefficient (Wildman–Crippen LogP) is 3.54. The van der Waals surface area contributed by atoms with Crippen molar-refractivity contribution in [1.82, 2.24) is 30.8 Å². The molecule has 0 amide bonds. The number of para-hydroxylation sites is 2. The number of benzene rings is 4. The predicted molar refractivity (Wildman–Crippen MR) is 205 cm³/mol. The molecule has 0 unspecified atom stereocenters. The van der Waals surface area contributed by atoms with Crippen LogP contribution in [0.3, 0.4) is 0 Å². The SMILES string of the molecule is O=S(=O)(O)c1cc(N(Nc2ccccc2)c2nnncc2S(=O)(=O)O)ccc1C=Cc1ccc(N(Nc2ccccc2)c2nnncc2S(=O)(=O)O)cc1S(=O)(=O)O. The number of hydrogen-bond acceptors (Lipinski definition) is 18. The minimum Gasteiger partial charge on any atom is -0.292 e. The minimum absolute atomic E-state index is 0.170. The Morgan fingerprint density at radius 1 is 0.466 bits per heavy atom. The first kappa shape index (κ1) is 41.1. The van der Waals surface area contributed by atoms with Gasteiger partial charge in [0.25, 0.3) is 40.5 Å². The summed E-state index contributed by atoms with van der Waals surface area (Å²) in [5, 5.41) is 23.0. The van der Waals surface area contributed by atoms with Crippen molar-refractivity contribution in [3.63, 3.8) is 0 Å². The third kappa shape index (κ3) is 9.53. The van der Waals surface area contributed by atoms with E-state index >= 15 is 0 Å². The standard InChI is InChI=1S/C32H26N10O12S4/c43-55(44,45)27-17-25(41(37-23-7-3-1-4-8-23)31-29(57(49,50)51)19-33-39-35-31)15-13-21(27)11-12-22-14-16-26(18-28(22)56(46,47)48)42(38-24-9-5-2-6-10-24)32-30(58(52,53)54)20-34-40-36-32/h1-20,37-38H,(H,43,44,45)(H,46,47,48)(H,49,50,51)(H,52,53,54). The average Bonchev–Trinajstić information content (AvgIpc) is 3.18. The van der Waals surface area contributed by atoms with E-state index in [0.717, 1.165) is 46.4 Å². The first-order chi connectivity index (χ1) is 27.3. The molecule has 0 bridgehead atoms. The second kappa shape index (κ2) is 16.1. The van der Waals surface area contributed by atoms with Crippen LogP contribution in [0, 0.1) is 0 Å². The largest absolute Gasteiger partial charge is 0.299 e. The van der Waals surface area contributed by atoms with Crippen LogP contribution in [0.4, 0.5) is 34.4 Å². The molecule has 0 radical (unpaired) electrons. The van der Waals surface area contributed by atoms with Crippen LogP contribution in [0.25, 0.3) is 12.2 Å². The van der Waals surface area contributed by atoms with Gasteiger partial charge in [-0.15, -0.1) is 20.4 Å². The van der Waals surface area contributed by atoms with E-state index in [-0.39, 0.29) is 22.5 Å². The molecule has 0 atom stereocenters. The summed E-state index contributed by atoms with van der Waals surface area (Å²) in [5.41, 5.74) is 5.47. The first-order valence-electron chi connectivity index (χ1n) is 15.8. The van der Waals surface area contributed by atoms with Gasteiger partial charge in [-0.1, -0.05) is 60.7 Å². The number of hydrogen-bond donors (Lipinski definition) is 6. The molecule has 6 aromatic rings. The van der Waals surface area contributed by atoms with Crippen LogP contribution in [0.1, 0.15) is 11.1 Å². The molecule has 0 aliphatic carbocycles. The zero-order valence-electron chi connectivity index (χ0n) is 28.8. The third-order valence-electron chi connectivity index (χ3n) is 7.69. The number of hydrazine groups is 2. The van der Waals surface area contributed by atoms with Crippen LogP contribution in [-0.4, -0.2) is 82.7 Å². The van der Waals surface area contributed by atoms with Gasteiger partial charge in [0.15, 0.2) is 21.4 Å². The molecule has 2 heterocycles. The quantitative estimate of drug-likeness (QED) is 0.0518. The van der Waals surface area contributed by atoms with Crippen molar-refractivity contribution in [2.45, 2.75) is 19.6 Å². The molecule has 2 aromatic heterocycles. The Hall–Kier alpha value is -6.52. The maximum Gasteiger partial charge on any atom is 0.299 e. The fourth-order valence-corrected chi connectivity index (χ4v) is 7.66. The van der Waals surface area contributed by atoms with Gasteiger partial charge in [0.1, 0.15) is 9.79 Å². The van der Waals surface area contributed by atoms with E-state index < -0.39 is 71.7 Å². The van der Waals surface area contributed by atoms with Gasteiger partial charge in [-0.25, -0.2) is 10.0 Å². The van der Waals surface area contributed by atoms with Crippen LogP contribution >= 0.6 is 0 Å². The Bertz CT molecular complexity index is 2780. The molecule has 0 aliphatic rings. The molecular formula is C32H26N10O12S4. The summed E-state index contributed by atoms with van der Waals surface area (Å²) in [4.78, 5) is -3.22. The number of nitrogens with zero attached hydrogens (tertiary/aromatic N) is 8. The lowest BCUT2D eigenvalue weighted by Crippen LogP contribution is -2.28. The lowest BCUT2D eigenvalue weighted by Gasteiger charge is -2.26. The van der Waals surface area contributed by atoms with Crippen molar-refractivity contribution in [2.75, 3.05) is 20.9 Å². The van der Waals surface area contributed by atoms with Crippen LogP contribution in [-0.2, 0) is 40.5 Å². The molecule has 22 nitrogen and oxygen atoms in total. The van der Waals surface area contributed by atoms with Crippen LogP contribution in [0.2, 0.25) is 0 Å². The average molecular weight is 871 g/mol. The Kier molecular flexibility index (Phi) is 11.5. The molecule has 300 valence electrons. The second-order valence-electron chi connectivity index (χ2n) is 11.5. The van der Waals surface area contributed by atoms with Gasteiger partial charge in [0.05, 0.1) is 35.1 Å². The number of anilines is 6. The fraction of sp³-hybridized carbons (Fsp3) is 0. The topological polar surface area (TPSA) is 325 Å². The summed E-state index contributed by atoms with van der Waals surface area (Å²) in [6.07, 6.45) is 3.55. The number of aromatic nitrogens is 6. The highest BCUT2D eigenvalue weighted by Crippen LogP contribution is 2.35. The van der Waals surface area contributed by atoms with Crippen molar-refractivity contribution >= 4 is 87.0 Å². The van der Waals surface area contributed by atoms with E-state index in [9.17, 15) is 51.9 Å². The molecule has 58 heavy (non-hydrogen) atoms. The van der Waals surface area contributed by atoms with Crippen molar-refractivity contribution in [3.05, 3.63) is 121 Å². The van der Waals surface area contributed by atoms with Crippen molar-refractivity contribution in [3.8, 4) is 0 Å². The summed E-state index contributed by atoms with van der Waals surface area (Å²) in [5.74, 6) is -1.11. The van der Waals surface area contributed by atoms with E-state index in [4.69, 9.17) is 0 Å². The number of rotatable bonds is 14. The Balaban J connectivity index is 1.46. The molecule has 0 saturated carbocycles. The van der Waals surface area contributed by atoms with Gasteiger partial charge in [0.2, 0.25) is 0 Å². The van der Waals surface area contributed by atoms with Gasteiger partial charge < -0.3 is 0 Å². The summed E-state index contributed by atoms with van der Waals surface area (Å²) < 4.78 is 140. The summed E-state index contributed by atoms with van der Waals surface area (Å²) in [6, 6.07) is 22.7. The highest BCUT2D eigenvalue weighted by Gasteiger charge is 2.28. The van der Waals surface area contributed by atoms with Gasteiger partial charge in [0, 0.05) is 0 Å². The van der Waals surface area contributed by atoms with E-state index in [0.29, 0.717) is 23.8 Å². The first-order valence-corrected chi connectivity index (χ1v) is 21.5. The molecule has 4 aromatic carbocycles. The maximum absolute atomic E-state index is 12.8. The van der Waals surface area contributed by atoms with Crippen molar-refractivity contribution in [1.29, 1.82) is 0 Å². The molecule has 0 aliphatic heterocycles. The minimum atomic E-state index is -5.11. The molecule has 26 heteroatoms. The van der Waals surface area contributed by atoms with Crippen LogP contribution in [0.5, 0.6) is 0 Å². The third-order valence-corrected chi connectivity index (χ3v) is 11.2. The highest BCUT2D eigenvalue weighted by atomic mass is 32.2. The van der Waals surface area contributed by atoms with Crippen molar-refractivity contribution in [2.24, 2.45) is 0 Å². The fourth-order valence-electron chi connectivity index (χ4n) is 5.17. The molecule has 0 saturated heterocycles. The zero-order valence-corrected chi connectivity index (χ0v) is 32.1. The lowest BCUT2D eigenvalue weighted by atomic mass is 10.1. The second-order valence-corrected chi connectivity index (χ2v) is 17.1. The van der Waals surface area contributed by atoms with Crippen molar-refractivity contribution < 1.29 is 51.9 Å². The smallest absolute Gasteiger partial charge is 0.292 e. The van der Waals surface area contributed by atoms with E-state index in [2.05, 4.69) is 41.7 Å². The number of nitrogens with one attached hydrogen (secondary N) is 2. The summed E-state index contributed by atoms with van der Waals surface area (Å²) in [7, 11) is -20.2. The van der Waals surface area contributed by atoms with Gasteiger partial charge in [-0.2, -0.15) is 33.7 Å². The van der Waals surface area contributed by atoms with E-state index in [1.807, 2.05) is 0 Å². The van der Waals surface area contributed by atoms with E-state index in [1.165, 1.54) is 12.1 Å².